The molecule has 0 amide bonds. The van der Waals surface area contributed by atoms with Crippen LogP contribution in [0.5, 0.6) is 0 Å². The molecule has 0 bridgehead atoms. The van der Waals surface area contributed by atoms with Crippen LogP contribution >= 0.6 is 0 Å². The lowest BCUT2D eigenvalue weighted by molar-refractivity contribution is 0.647. The van der Waals surface area contributed by atoms with Crippen molar-refractivity contribution in [3.63, 3.8) is 0 Å². The van der Waals surface area contributed by atoms with E-state index in [-0.39, 0.29) is 0 Å². The molecule has 126 valence electrons. The lowest BCUT2D eigenvalue weighted by Crippen LogP contribution is -1.97. The molecule has 1 heteroatoms. The highest BCUT2D eigenvalue weighted by Gasteiger charge is 2.04. The van der Waals surface area contributed by atoms with E-state index in [2.05, 4.69) is 88.1 Å². The minimum Gasteiger partial charge on any atom is -0.388 e. The molecule has 1 N–H and O–H groups in total. The van der Waals surface area contributed by atoms with Crippen molar-refractivity contribution in [1.82, 2.24) is 0 Å². The van der Waals surface area contributed by atoms with Gasteiger partial charge in [-0.25, -0.2) is 0 Å². The highest BCUT2D eigenvalue weighted by molar-refractivity contribution is 5.81. The number of nitrogens with one attached hydrogen (secondary N) is 1. The largest absolute Gasteiger partial charge is 0.388 e. The number of rotatable bonds is 6. The van der Waals surface area contributed by atoms with Gasteiger partial charge < -0.3 is 5.32 Å². The summed E-state index contributed by atoms with van der Waals surface area (Å²) in [6.07, 6.45) is 5.36. The van der Waals surface area contributed by atoms with Crippen LogP contribution in [0, 0.1) is 19.8 Å². The van der Waals surface area contributed by atoms with Crippen LogP contribution in [0.3, 0.4) is 0 Å². The van der Waals surface area contributed by atoms with Crippen molar-refractivity contribution in [2.45, 2.75) is 34.1 Å². The van der Waals surface area contributed by atoms with Crippen LogP contribution in [-0.4, -0.2) is 7.05 Å². The Balaban J connectivity index is 2.24. The molecule has 2 rings (SSSR count). The van der Waals surface area contributed by atoms with Crippen LogP contribution in [0.1, 0.15) is 41.7 Å². The van der Waals surface area contributed by atoms with Crippen molar-refractivity contribution >= 4 is 17.3 Å². The first kappa shape index (κ1) is 18.1. The average Bonchev–Trinajstić information content (AvgIpc) is 2.54. The summed E-state index contributed by atoms with van der Waals surface area (Å²) >= 11 is 0. The molecule has 2 aromatic rings. The number of benzene rings is 2. The average molecular weight is 319 g/mol. The summed E-state index contributed by atoms with van der Waals surface area (Å²) in [5.74, 6) is 0.667. The first-order valence-electron chi connectivity index (χ1n) is 8.66. The minimum absolute atomic E-state index is 0.667. The maximum atomic E-state index is 4.25. The molecular weight excluding hydrogens is 290 g/mol. The van der Waals surface area contributed by atoms with Crippen molar-refractivity contribution in [3.8, 4) is 0 Å². The van der Waals surface area contributed by atoms with Gasteiger partial charge in [0.2, 0.25) is 0 Å². The van der Waals surface area contributed by atoms with Gasteiger partial charge in [0.1, 0.15) is 0 Å². The van der Waals surface area contributed by atoms with Gasteiger partial charge in [-0.3, -0.25) is 0 Å². The van der Waals surface area contributed by atoms with Gasteiger partial charge in [-0.2, -0.15) is 0 Å². The van der Waals surface area contributed by atoms with Crippen LogP contribution in [0.2, 0.25) is 0 Å². The van der Waals surface area contributed by atoms with Gasteiger partial charge in [0.25, 0.3) is 0 Å². The highest BCUT2D eigenvalue weighted by Crippen LogP contribution is 2.24. The Kier molecular flexibility index (Phi) is 6.03. The molecule has 0 aromatic heterocycles. The van der Waals surface area contributed by atoms with E-state index in [1.807, 2.05) is 7.05 Å². The SMILES string of the molecule is C=C(/C=C\c1ccc(CC(C)C)cc1NC)c1cc(C)ccc1C. The molecule has 0 saturated carbocycles. The summed E-state index contributed by atoms with van der Waals surface area (Å²) in [5.41, 5.74) is 8.52. The van der Waals surface area contributed by atoms with Crippen LogP contribution in [0.25, 0.3) is 11.6 Å². The van der Waals surface area contributed by atoms with Crippen LogP contribution in [-0.2, 0) is 6.42 Å². The van der Waals surface area contributed by atoms with Crippen molar-refractivity contribution < 1.29 is 0 Å². The van der Waals surface area contributed by atoms with E-state index in [0.29, 0.717) is 5.92 Å². The zero-order valence-electron chi connectivity index (χ0n) is 15.6. The summed E-state index contributed by atoms with van der Waals surface area (Å²) in [5, 5.41) is 3.31. The lowest BCUT2D eigenvalue weighted by Gasteiger charge is -2.11. The second kappa shape index (κ2) is 8.01. The van der Waals surface area contributed by atoms with Gasteiger partial charge >= 0.3 is 0 Å². The second-order valence-corrected chi connectivity index (χ2v) is 6.95. The number of allylic oxidation sites excluding steroid dienone is 2. The second-order valence-electron chi connectivity index (χ2n) is 6.95. The molecule has 0 aliphatic carbocycles. The van der Waals surface area contributed by atoms with E-state index in [4.69, 9.17) is 0 Å². The van der Waals surface area contributed by atoms with E-state index in [1.165, 1.54) is 27.8 Å². The maximum Gasteiger partial charge on any atom is 0.0413 e. The summed E-state index contributed by atoms with van der Waals surface area (Å²) in [6, 6.07) is 13.2. The molecule has 2 aromatic carbocycles. The Hall–Kier alpha value is -2.28. The number of hydrogen-bond donors (Lipinski definition) is 1. The summed E-state index contributed by atoms with van der Waals surface area (Å²) < 4.78 is 0. The predicted octanol–water partition coefficient (Wildman–Crippen LogP) is 6.27. The van der Waals surface area contributed by atoms with Gasteiger partial charge in [0, 0.05) is 12.7 Å². The Morgan fingerprint density at radius 3 is 2.54 bits per heavy atom. The molecule has 0 atom stereocenters. The molecule has 1 nitrogen and oxygen atoms in total. The van der Waals surface area contributed by atoms with Gasteiger partial charge in [0.15, 0.2) is 0 Å². The maximum absolute atomic E-state index is 4.25. The predicted molar refractivity (Wildman–Crippen MR) is 109 cm³/mol. The molecule has 0 aliphatic heterocycles. The Morgan fingerprint density at radius 1 is 1.12 bits per heavy atom. The first-order chi connectivity index (χ1) is 11.4. The van der Waals surface area contributed by atoms with E-state index < -0.39 is 0 Å². The van der Waals surface area contributed by atoms with Gasteiger partial charge in [-0.15, -0.1) is 0 Å². The van der Waals surface area contributed by atoms with E-state index in [9.17, 15) is 0 Å². The van der Waals surface area contributed by atoms with E-state index in [0.717, 1.165) is 17.7 Å². The van der Waals surface area contributed by atoms with Crippen molar-refractivity contribution in [2.24, 2.45) is 5.92 Å². The number of hydrogen-bond acceptors (Lipinski definition) is 1. The number of aryl methyl sites for hydroxylation is 2. The van der Waals surface area contributed by atoms with E-state index >= 15 is 0 Å². The third-order valence-corrected chi connectivity index (χ3v) is 4.23. The minimum atomic E-state index is 0.667. The van der Waals surface area contributed by atoms with Gasteiger partial charge in [-0.1, -0.05) is 68.5 Å². The molecule has 0 unspecified atom stereocenters. The molecule has 0 fully saturated rings. The third-order valence-electron chi connectivity index (χ3n) is 4.23. The molecule has 0 saturated heterocycles. The Bertz CT molecular complexity index is 751. The summed E-state index contributed by atoms with van der Waals surface area (Å²) in [7, 11) is 1.98. The zero-order chi connectivity index (χ0) is 17.7. The normalized spacial score (nSPS) is 11.2. The smallest absolute Gasteiger partial charge is 0.0413 e. The molecule has 0 spiro atoms. The third kappa shape index (κ3) is 4.61. The van der Waals surface area contributed by atoms with Crippen molar-refractivity contribution in [1.29, 1.82) is 0 Å². The quantitative estimate of drug-likeness (QED) is 0.619. The summed E-state index contributed by atoms with van der Waals surface area (Å²) in [6.45, 7) is 13.0. The zero-order valence-corrected chi connectivity index (χ0v) is 15.6. The molecule has 24 heavy (non-hydrogen) atoms. The topological polar surface area (TPSA) is 12.0 Å². The van der Waals surface area contributed by atoms with E-state index in [1.54, 1.807) is 0 Å². The fraction of sp³-hybridized carbons (Fsp3) is 0.304. The fourth-order valence-corrected chi connectivity index (χ4v) is 2.93. The highest BCUT2D eigenvalue weighted by atomic mass is 14.8. The first-order valence-corrected chi connectivity index (χ1v) is 8.66. The summed E-state index contributed by atoms with van der Waals surface area (Å²) in [4.78, 5) is 0. The van der Waals surface area contributed by atoms with Crippen LogP contribution < -0.4 is 5.32 Å². The Morgan fingerprint density at radius 2 is 1.88 bits per heavy atom. The fourth-order valence-electron chi connectivity index (χ4n) is 2.93. The monoisotopic (exact) mass is 319 g/mol. The Labute approximate surface area is 147 Å². The molecular formula is C23H29N. The van der Waals surface area contributed by atoms with Gasteiger partial charge in [0.05, 0.1) is 0 Å². The molecule has 0 radical (unpaired) electrons. The van der Waals surface area contributed by atoms with Crippen LogP contribution in [0.15, 0.2) is 49.1 Å². The molecule has 0 aliphatic rings. The standard InChI is InChI=1S/C23H29N/c1-16(2)13-20-10-12-21(23(15-20)24-6)11-9-19(5)22-14-17(3)7-8-18(22)4/h7-12,14-16,24H,5,13H2,1-4,6H3/b11-9-. The van der Waals surface area contributed by atoms with Crippen LogP contribution in [0.4, 0.5) is 5.69 Å². The van der Waals surface area contributed by atoms with Crippen molar-refractivity contribution in [2.75, 3.05) is 12.4 Å². The number of anilines is 1. The van der Waals surface area contributed by atoms with Crippen molar-refractivity contribution in [3.05, 3.63) is 76.9 Å². The van der Waals surface area contributed by atoms with Gasteiger partial charge in [-0.05, 0) is 60.1 Å². The molecule has 0 heterocycles. The lowest BCUT2D eigenvalue weighted by atomic mass is 9.97.